The van der Waals surface area contributed by atoms with Gasteiger partial charge in [-0.2, -0.15) is 0 Å². The molecule has 3 N–H and O–H groups in total. The van der Waals surface area contributed by atoms with E-state index in [1.165, 1.54) is 0 Å². The zero-order valence-electron chi connectivity index (χ0n) is 48.9. The molecule has 8 aromatic carbocycles. The SMILES string of the molecule is CC(C)[C@H](NC(=O)OCC1c2ccccc2-c2ccccc21)C(=O)N[C@@H](C)C(=O)Nc1cc2c(c3ccccc13)[C@H](CCl)CN2C(=O)C12CC(C(=O)N3C[C@@H](CCl)c4c3cc(OP(=O)(OCc3ccccc3)OCc3ccccc3)c3ccccc43)(C1)C2. The maximum atomic E-state index is 15.2. The van der Waals surface area contributed by atoms with Gasteiger partial charge in [-0.3, -0.25) is 28.2 Å². The quantitative estimate of drug-likeness (QED) is 0.0491. The Bertz CT molecular complexity index is 4020. The van der Waals surface area contributed by atoms with E-state index in [1.807, 2.05) is 152 Å². The fourth-order valence-electron chi connectivity index (χ4n) is 14.1. The van der Waals surface area contributed by atoms with Crippen molar-refractivity contribution in [3.63, 3.8) is 0 Å². The largest absolute Gasteiger partial charge is 0.530 e. The number of benzene rings is 8. The molecule has 18 heteroatoms. The Morgan fingerprint density at radius 3 is 1.57 bits per heavy atom. The van der Waals surface area contributed by atoms with Crippen LogP contribution in [0, 0.1) is 16.7 Å². The number of ether oxygens (including phenoxy) is 1. The number of nitrogens with one attached hydrogen (secondary N) is 3. The van der Waals surface area contributed by atoms with Gasteiger partial charge in [-0.15, -0.1) is 23.2 Å². The third-order valence-electron chi connectivity index (χ3n) is 18.3. The van der Waals surface area contributed by atoms with Crippen LogP contribution in [0.5, 0.6) is 5.75 Å². The van der Waals surface area contributed by atoms with Gasteiger partial charge in [-0.1, -0.05) is 172 Å². The molecular weight excluding hydrogens is 1170 g/mol. The minimum Gasteiger partial charge on any atom is -0.449 e. The van der Waals surface area contributed by atoms with Crippen molar-refractivity contribution in [3.05, 3.63) is 203 Å². The van der Waals surface area contributed by atoms with Crippen molar-refractivity contribution in [2.24, 2.45) is 16.7 Å². The van der Waals surface area contributed by atoms with Crippen LogP contribution < -0.4 is 30.3 Å². The van der Waals surface area contributed by atoms with Gasteiger partial charge in [0, 0.05) is 65.1 Å². The second-order valence-corrected chi connectivity index (χ2v) is 26.6. The van der Waals surface area contributed by atoms with Crippen molar-refractivity contribution in [1.29, 1.82) is 0 Å². The molecule has 14 rings (SSSR count). The number of phosphoric acid groups is 1. The van der Waals surface area contributed by atoms with E-state index in [9.17, 15) is 18.9 Å². The first-order chi connectivity index (χ1) is 42.6. The highest BCUT2D eigenvalue weighted by Gasteiger charge is 2.76. The van der Waals surface area contributed by atoms with E-state index in [0.29, 0.717) is 54.8 Å². The third kappa shape index (κ3) is 10.7. The van der Waals surface area contributed by atoms with E-state index in [2.05, 4.69) is 28.1 Å². The van der Waals surface area contributed by atoms with Gasteiger partial charge in [0.25, 0.3) is 0 Å². The standard InChI is InChI=1S/C70H66Cl2N5O10P/c1-42(2)63(75-68(82)84-38-56-50-24-12-10-22-48(50)49-23-11-13-25-51(49)56)65(79)73-43(3)64(78)74-57-30-58-61(54-28-16-14-26-52(54)57)46(32-71)34-76(58)66(80)69-39-70(40-69,41-69)67(81)77-35-47(33-72)62-55-29-17-15-27-53(55)60(31-59(62)77)87-88(83,85-36-44-18-6-4-7-19-44)86-37-45-20-8-5-9-21-45/h4-31,42-43,46-47,56,63H,32-41H2,1-3H3,(H,73,79)(H,74,78)(H,75,82)/t43-,46+,47+,63-,69?,70?/m0/s1. The van der Waals surface area contributed by atoms with Crippen LogP contribution in [0.15, 0.2) is 170 Å². The van der Waals surface area contributed by atoms with Gasteiger partial charge in [0.05, 0.1) is 35.4 Å². The number of rotatable bonds is 20. The van der Waals surface area contributed by atoms with Gasteiger partial charge in [0.1, 0.15) is 24.4 Å². The molecule has 0 radical (unpaired) electrons. The second kappa shape index (κ2) is 23.8. The summed E-state index contributed by atoms with van der Waals surface area (Å²) < 4.78 is 39.2. The molecule has 0 aromatic heterocycles. The maximum absolute atomic E-state index is 15.2. The molecule has 2 bridgehead atoms. The van der Waals surface area contributed by atoms with E-state index in [0.717, 1.165) is 60.7 Å². The second-order valence-electron chi connectivity index (χ2n) is 24.3. The van der Waals surface area contributed by atoms with Crippen LogP contribution >= 0.6 is 31.0 Å². The summed E-state index contributed by atoms with van der Waals surface area (Å²) in [5.74, 6) is -1.59. The number of anilines is 3. The molecule has 0 saturated heterocycles. The van der Waals surface area contributed by atoms with E-state index >= 15 is 9.59 Å². The molecule has 6 aliphatic rings. The van der Waals surface area contributed by atoms with Crippen LogP contribution in [0.25, 0.3) is 32.7 Å². The van der Waals surface area contributed by atoms with Crippen molar-refractivity contribution in [2.45, 2.75) is 83.1 Å². The van der Waals surface area contributed by atoms with Crippen molar-refractivity contribution >= 4 is 99.4 Å². The van der Waals surface area contributed by atoms with Crippen LogP contribution in [0.3, 0.4) is 0 Å². The number of halogens is 2. The molecule has 2 aliphatic heterocycles. The molecule has 4 atom stereocenters. The normalized spacial score (nSPS) is 20.2. The average Bonchev–Trinajstić information content (AvgIpc) is 1.16. The minimum absolute atomic E-state index is 0.0449. The van der Waals surface area contributed by atoms with Gasteiger partial charge in [0.15, 0.2) is 0 Å². The van der Waals surface area contributed by atoms with E-state index < -0.39 is 48.6 Å². The monoisotopic (exact) mass is 1240 g/mol. The summed E-state index contributed by atoms with van der Waals surface area (Å²) in [6.45, 7) is 5.77. The molecule has 3 fully saturated rings. The summed E-state index contributed by atoms with van der Waals surface area (Å²) in [5.41, 5.74) is 7.66. The number of carbonyl (C=O) groups is 5. The molecule has 8 aromatic rings. The first-order valence-electron chi connectivity index (χ1n) is 29.9. The van der Waals surface area contributed by atoms with Crippen molar-refractivity contribution < 1.29 is 46.8 Å². The molecule has 0 unspecified atom stereocenters. The van der Waals surface area contributed by atoms with Crippen LogP contribution in [-0.2, 0) is 50.7 Å². The molecule has 88 heavy (non-hydrogen) atoms. The van der Waals surface area contributed by atoms with Crippen molar-refractivity contribution in [2.75, 3.05) is 46.6 Å². The number of fused-ring (bicyclic) bond motifs is 9. The van der Waals surface area contributed by atoms with E-state index in [-0.39, 0.29) is 72.8 Å². The van der Waals surface area contributed by atoms with E-state index in [1.54, 1.807) is 36.6 Å². The smallest absolute Gasteiger partial charge is 0.449 e. The van der Waals surface area contributed by atoms with Gasteiger partial charge < -0.3 is 35.0 Å². The molecule has 3 saturated carbocycles. The van der Waals surface area contributed by atoms with Crippen molar-refractivity contribution in [1.82, 2.24) is 10.6 Å². The summed E-state index contributed by atoms with van der Waals surface area (Å²) in [5, 5.41) is 11.6. The lowest BCUT2D eigenvalue weighted by atomic mass is 9.34. The Labute approximate surface area is 520 Å². The highest BCUT2D eigenvalue weighted by Crippen LogP contribution is 2.75. The summed E-state index contributed by atoms with van der Waals surface area (Å²) in [7, 11) is -4.34. The molecular formula is C70H66Cl2N5O10P. The van der Waals surface area contributed by atoms with Gasteiger partial charge in [0.2, 0.25) is 23.6 Å². The zero-order valence-corrected chi connectivity index (χ0v) is 51.3. The number of carbonyl (C=O) groups excluding carboxylic acids is 5. The average molecular weight is 1240 g/mol. The summed E-state index contributed by atoms with van der Waals surface area (Å²) in [6.07, 6.45) is 0.255. The highest BCUT2D eigenvalue weighted by molar-refractivity contribution is 7.48. The molecule has 450 valence electrons. The Kier molecular flexibility index (Phi) is 16.0. The highest BCUT2D eigenvalue weighted by atomic mass is 35.5. The lowest BCUT2D eigenvalue weighted by Crippen LogP contribution is -2.73. The summed E-state index contributed by atoms with van der Waals surface area (Å²) >= 11 is 13.5. The predicted molar refractivity (Wildman–Crippen MR) is 342 cm³/mol. The van der Waals surface area contributed by atoms with Gasteiger partial charge in [-0.05, 0) is 93.5 Å². The first-order valence-corrected chi connectivity index (χ1v) is 32.4. The molecule has 0 spiro atoms. The Morgan fingerprint density at radius 2 is 1.05 bits per heavy atom. The number of hydrogen-bond acceptors (Lipinski definition) is 10. The summed E-state index contributed by atoms with van der Waals surface area (Å²) in [6, 6.07) is 51.5. The lowest BCUT2D eigenvalue weighted by Gasteiger charge is -2.69. The molecule has 4 aliphatic carbocycles. The molecule has 2 heterocycles. The minimum atomic E-state index is -4.34. The van der Waals surface area contributed by atoms with Crippen LogP contribution in [0.2, 0.25) is 0 Å². The number of alkyl halides is 2. The van der Waals surface area contributed by atoms with Gasteiger partial charge >= 0.3 is 13.9 Å². The predicted octanol–water partition coefficient (Wildman–Crippen LogP) is 14.1. The first kappa shape index (κ1) is 59.0. The van der Waals surface area contributed by atoms with E-state index in [4.69, 9.17) is 41.5 Å². The topological polar surface area (TPSA) is 182 Å². The Balaban J connectivity index is 0.703. The maximum Gasteiger partial charge on any atom is 0.530 e. The zero-order chi connectivity index (χ0) is 61.1. The molecule has 15 nitrogen and oxygen atoms in total. The van der Waals surface area contributed by atoms with Crippen LogP contribution in [-0.4, -0.2) is 73.3 Å². The number of phosphoric ester groups is 1. The fraction of sp³-hybridized carbons (Fsp3) is 0.300. The number of nitrogens with zero attached hydrogens (tertiary/aromatic N) is 2. The third-order valence-corrected chi connectivity index (χ3v) is 20.4. The molecule has 5 amide bonds. The Hall–Kier alpha value is -8.04. The van der Waals surface area contributed by atoms with Gasteiger partial charge in [-0.25, -0.2) is 9.36 Å². The fourth-order valence-corrected chi connectivity index (χ4v) is 15.8. The van der Waals surface area contributed by atoms with Crippen LogP contribution in [0.4, 0.5) is 21.9 Å². The Morgan fingerprint density at radius 1 is 0.580 bits per heavy atom. The number of hydrogen-bond donors (Lipinski definition) is 3. The summed E-state index contributed by atoms with van der Waals surface area (Å²) in [4.78, 5) is 75.5. The lowest BCUT2D eigenvalue weighted by molar-refractivity contribution is -0.205. The van der Waals surface area contributed by atoms with Crippen LogP contribution in [0.1, 0.15) is 91.2 Å². The van der Waals surface area contributed by atoms with Crippen molar-refractivity contribution in [3.8, 4) is 16.9 Å². The number of alkyl carbamates (subject to hydrolysis) is 1. The number of amides is 5.